The Balaban J connectivity index is 4.04. The molecule has 0 heterocycles. The summed E-state index contributed by atoms with van der Waals surface area (Å²) >= 11 is 1.45. The van der Waals surface area contributed by atoms with Gasteiger partial charge in [-0.2, -0.15) is 0 Å². The maximum atomic E-state index is 11.0. The van der Waals surface area contributed by atoms with Gasteiger partial charge in [0.1, 0.15) is 0 Å². The Morgan fingerprint density at radius 3 is 2.00 bits per heavy atom. The number of hydrogen-bond donors (Lipinski definition) is 0. The predicted octanol–water partition coefficient (Wildman–Crippen LogP) is 0.0806. The normalized spacial score (nSPS) is 12.3. The SMILES string of the molecule is CC(=O)CC(=O)C([Te])C(C)=O. The monoisotopic (exact) mass is 271 g/mol. The average molecular weight is 269 g/mol. The summed E-state index contributed by atoms with van der Waals surface area (Å²) in [7, 11) is 0. The summed E-state index contributed by atoms with van der Waals surface area (Å²) in [5.74, 6) is -0.652. The van der Waals surface area contributed by atoms with Crippen molar-refractivity contribution in [2.45, 2.75) is 24.2 Å². The fourth-order valence-electron chi connectivity index (χ4n) is 0.565. The topological polar surface area (TPSA) is 51.2 Å². The first-order chi connectivity index (χ1) is 4.95. The van der Waals surface area contributed by atoms with E-state index in [4.69, 9.17) is 0 Å². The molecule has 0 aliphatic heterocycles. The van der Waals surface area contributed by atoms with Gasteiger partial charge in [0.25, 0.3) is 0 Å². The first-order valence-corrected chi connectivity index (χ1v) is 4.48. The molecule has 0 spiro atoms. The van der Waals surface area contributed by atoms with Crippen LogP contribution in [-0.2, 0) is 14.4 Å². The zero-order chi connectivity index (χ0) is 9.02. The van der Waals surface area contributed by atoms with Gasteiger partial charge in [-0.25, -0.2) is 0 Å². The molecule has 0 aromatic heterocycles. The van der Waals surface area contributed by atoms with Gasteiger partial charge in [0, 0.05) is 0 Å². The molecule has 0 aromatic carbocycles. The molecule has 0 amide bonds. The summed E-state index contributed by atoms with van der Waals surface area (Å²) < 4.78 is -0.616. The third-order valence-corrected chi connectivity index (χ3v) is 2.78. The molecule has 11 heavy (non-hydrogen) atoms. The predicted molar refractivity (Wildman–Crippen MR) is 40.5 cm³/mol. The molecule has 0 aliphatic rings. The Labute approximate surface area is 78.4 Å². The van der Waals surface area contributed by atoms with E-state index in [0.29, 0.717) is 0 Å². The van der Waals surface area contributed by atoms with Crippen LogP contribution in [0.4, 0.5) is 0 Å². The molecule has 61 valence electrons. The molecular weight excluding hydrogens is 260 g/mol. The molecule has 1 atom stereocenters. The van der Waals surface area contributed by atoms with Gasteiger partial charge >= 0.3 is 78.3 Å². The van der Waals surface area contributed by atoms with Crippen molar-refractivity contribution < 1.29 is 14.4 Å². The fourth-order valence-corrected chi connectivity index (χ4v) is 0.803. The first kappa shape index (κ1) is 10.8. The van der Waals surface area contributed by atoms with E-state index in [1.165, 1.54) is 36.1 Å². The Morgan fingerprint density at radius 1 is 1.27 bits per heavy atom. The average Bonchev–Trinajstić information content (AvgIpc) is 1.84. The van der Waals surface area contributed by atoms with Crippen molar-refractivity contribution in [3.8, 4) is 0 Å². The van der Waals surface area contributed by atoms with Gasteiger partial charge in [0.05, 0.1) is 0 Å². The Morgan fingerprint density at radius 2 is 1.73 bits per heavy atom. The molecule has 4 heteroatoms. The van der Waals surface area contributed by atoms with Crippen molar-refractivity contribution in [2.75, 3.05) is 0 Å². The second-order valence-corrected chi connectivity index (χ2v) is 3.68. The Hall–Kier alpha value is -0.200. The molecule has 0 saturated carbocycles. The van der Waals surface area contributed by atoms with Gasteiger partial charge in [-0.05, 0) is 0 Å². The van der Waals surface area contributed by atoms with Crippen LogP contribution in [-0.4, -0.2) is 39.6 Å². The molecule has 0 aliphatic carbocycles. The Bertz CT molecular complexity index is 198. The molecule has 1 unspecified atom stereocenters. The van der Waals surface area contributed by atoms with Gasteiger partial charge in [-0.1, -0.05) is 0 Å². The van der Waals surface area contributed by atoms with Crippen molar-refractivity contribution in [1.29, 1.82) is 0 Å². The van der Waals surface area contributed by atoms with E-state index in [2.05, 4.69) is 0 Å². The van der Waals surface area contributed by atoms with E-state index in [1.54, 1.807) is 0 Å². The number of carbonyl (C=O) groups excluding carboxylic acids is 3. The van der Waals surface area contributed by atoms with Gasteiger partial charge < -0.3 is 0 Å². The molecule has 0 N–H and O–H groups in total. The molecule has 3 nitrogen and oxygen atoms in total. The summed E-state index contributed by atoms with van der Waals surface area (Å²) in [6.45, 7) is 2.69. The van der Waals surface area contributed by atoms with E-state index in [9.17, 15) is 14.4 Å². The van der Waals surface area contributed by atoms with E-state index in [0.717, 1.165) is 0 Å². The van der Waals surface area contributed by atoms with Crippen LogP contribution in [0.25, 0.3) is 0 Å². The van der Waals surface area contributed by atoms with Gasteiger partial charge in [0.2, 0.25) is 0 Å². The third kappa shape index (κ3) is 4.28. The van der Waals surface area contributed by atoms with Crippen molar-refractivity contribution in [2.24, 2.45) is 0 Å². The number of Topliss-reactive ketones (excluding diaryl/α,β-unsaturated/α-hetero) is 3. The van der Waals surface area contributed by atoms with Crippen LogP contribution < -0.4 is 0 Å². The van der Waals surface area contributed by atoms with Crippen LogP contribution in [0.5, 0.6) is 0 Å². The van der Waals surface area contributed by atoms with Crippen LogP contribution in [0.1, 0.15) is 20.3 Å². The molecular formula is C7H9O3Te. The molecule has 0 fully saturated rings. The zero-order valence-corrected chi connectivity index (χ0v) is 8.75. The molecule has 0 saturated heterocycles. The van der Waals surface area contributed by atoms with E-state index >= 15 is 0 Å². The zero-order valence-electron chi connectivity index (χ0n) is 6.42. The summed E-state index contributed by atoms with van der Waals surface area (Å²) in [4.78, 5) is 32.0. The van der Waals surface area contributed by atoms with Crippen molar-refractivity contribution in [3.05, 3.63) is 0 Å². The fraction of sp³-hybridized carbons (Fsp3) is 0.571. The van der Waals surface area contributed by atoms with Crippen molar-refractivity contribution >= 4 is 39.6 Å². The number of rotatable bonds is 4. The van der Waals surface area contributed by atoms with Gasteiger partial charge in [-0.15, -0.1) is 0 Å². The number of hydrogen-bond acceptors (Lipinski definition) is 3. The minimum atomic E-state index is -0.616. The quantitative estimate of drug-likeness (QED) is 0.536. The van der Waals surface area contributed by atoms with Crippen LogP contribution >= 0.6 is 0 Å². The maximum absolute atomic E-state index is 11.0. The van der Waals surface area contributed by atoms with E-state index in [1.807, 2.05) is 0 Å². The summed E-state index contributed by atoms with van der Waals surface area (Å²) in [6, 6.07) is 0. The van der Waals surface area contributed by atoms with Crippen molar-refractivity contribution in [3.63, 3.8) is 0 Å². The number of carbonyl (C=O) groups is 3. The minimum absolute atomic E-state index is 0.122. The molecule has 1 radical (unpaired) electrons. The van der Waals surface area contributed by atoms with E-state index in [-0.39, 0.29) is 23.8 Å². The number of ketones is 3. The first-order valence-electron chi connectivity index (χ1n) is 3.13. The van der Waals surface area contributed by atoms with Crippen LogP contribution in [0, 0.1) is 0 Å². The van der Waals surface area contributed by atoms with Crippen LogP contribution in [0.2, 0.25) is 3.97 Å². The van der Waals surface area contributed by atoms with Crippen molar-refractivity contribution in [1.82, 2.24) is 0 Å². The third-order valence-electron chi connectivity index (χ3n) is 1.08. The summed E-state index contributed by atoms with van der Waals surface area (Å²) in [5, 5.41) is 0. The standard InChI is InChI=1S/C7H9O3Te/c1-4(8)3-6(10)7(11)5(2)9/h7H,3H2,1-2H3. The summed E-state index contributed by atoms with van der Waals surface area (Å²) in [6.07, 6.45) is -0.122. The molecule has 0 aromatic rings. The van der Waals surface area contributed by atoms with Crippen LogP contribution in [0.3, 0.4) is 0 Å². The van der Waals surface area contributed by atoms with E-state index < -0.39 is 3.97 Å². The van der Waals surface area contributed by atoms with Gasteiger partial charge in [0.15, 0.2) is 0 Å². The Kier molecular flexibility index (Phi) is 4.55. The van der Waals surface area contributed by atoms with Crippen LogP contribution in [0.15, 0.2) is 0 Å². The second-order valence-electron chi connectivity index (χ2n) is 2.34. The summed E-state index contributed by atoms with van der Waals surface area (Å²) in [5.41, 5.74) is 0. The second kappa shape index (κ2) is 4.63. The molecule has 0 rings (SSSR count). The van der Waals surface area contributed by atoms with Gasteiger partial charge in [-0.3, -0.25) is 0 Å². The molecule has 0 bridgehead atoms.